The highest BCUT2D eigenvalue weighted by molar-refractivity contribution is 6.00. The molecule has 2 aromatic rings. The largest absolute Gasteiger partial charge is 0.471 e. The summed E-state index contributed by atoms with van der Waals surface area (Å²) in [4.78, 5) is 26.4. The molecule has 1 aliphatic heterocycles. The first-order valence-electron chi connectivity index (χ1n) is 9.92. The van der Waals surface area contributed by atoms with Crippen LogP contribution in [0.2, 0.25) is 0 Å². The van der Waals surface area contributed by atoms with Crippen molar-refractivity contribution in [2.75, 3.05) is 25.6 Å². The van der Waals surface area contributed by atoms with Gasteiger partial charge < -0.3 is 25.4 Å². The molecule has 1 aromatic heterocycles. The van der Waals surface area contributed by atoms with E-state index in [2.05, 4.69) is 15.4 Å². The van der Waals surface area contributed by atoms with Crippen LogP contribution in [0.1, 0.15) is 36.2 Å². The molecule has 0 spiro atoms. The smallest absolute Gasteiger partial charge is 0.284 e. The van der Waals surface area contributed by atoms with E-state index in [1.807, 2.05) is 6.07 Å². The van der Waals surface area contributed by atoms with E-state index >= 15 is 0 Å². The second-order valence-corrected chi connectivity index (χ2v) is 7.95. The molecule has 2 heterocycles. The molecule has 11 nitrogen and oxygen atoms in total. The van der Waals surface area contributed by atoms with E-state index in [1.165, 1.54) is 13.8 Å². The number of aliphatic hydroxyl groups excluding tert-OH is 1. The van der Waals surface area contributed by atoms with Crippen molar-refractivity contribution in [3.63, 3.8) is 0 Å². The third kappa shape index (κ3) is 5.89. The van der Waals surface area contributed by atoms with Gasteiger partial charge in [-0.1, -0.05) is 12.1 Å². The molecule has 1 amide bonds. The number of aromatic nitrogens is 2. The lowest BCUT2D eigenvalue weighted by molar-refractivity contribution is -0.0523. The van der Waals surface area contributed by atoms with Crippen LogP contribution < -0.4 is 16.0 Å². The van der Waals surface area contributed by atoms with Gasteiger partial charge in [0.15, 0.2) is 5.82 Å². The van der Waals surface area contributed by atoms with Gasteiger partial charge in [0.1, 0.15) is 24.1 Å². The van der Waals surface area contributed by atoms with Crippen LogP contribution in [0.25, 0.3) is 11.4 Å². The molecule has 5 N–H and O–H groups in total. The van der Waals surface area contributed by atoms with E-state index in [9.17, 15) is 15.0 Å². The number of anilines is 1. The molecular formula is C21H25N5O6. The summed E-state index contributed by atoms with van der Waals surface area (Å²) in [5, 5.41) is 28.2. The Morgan fingerprint density at radius 3 is 2.88 bits per heavy atom. The Kier molecular flexibility index (Phi) is 7.22. The Labute approximate surface area is 184 Å². The Bertz CT molecular complexity index is 1020. The fourth-order valence-electron chi connectivity index (χ4n) is 2.98. The van der Waals surface area contributed by atoms with Crippen LogP contribution in [0.15, 0.2) is 24.3 Å². The van der Waals surface area contributed by atoms with Gasteiger partial charge in [-0.3, -0.25) is 9.63 Å². The lowest BCUT2D eigenvalue weighted by Crippen LogP contribution is -2.34. The fourth-order valence-corrected chi connectivity index (χ4v) is 2.98. The fraction of sp³-hybridized carbons (Fsp3) is 0.429. The SMILES string of the molecule is CC(C)(O)CONC(=O)c1c(N)nc(-c2cccc(C#N)c2)nc1O[C@H]1CO[C@@H](CO)C1. The maximum Gasteiger partial charge on any atom is 0.284 e. The van der Waals surface area contributed by atoms with Gasteiger partial charge in [0.25, 0.3) is 5.91 Å². The highest BCUT2D eigenvalue weighted by Crippen LogP contribution is 2.29. The Morgan fingerprint density at radius 1 is 1.44 bits per heavy atom. The van der Waals surface area contributed by atoms with Crippen LogP contribution in [0, 0.1) is 11.3 Å². The van der Waals surface area contributed by atoms with E-state index in [0.29, 0.717) is 17.5 Å². The number of nitriles is 1. The van der Waals surface area contributed by atoms with E-state index in [1.54, 1.807) is 24.3 Å². The van der Waals surface area contributed by atoms with Crippen LogP contribution in [-0.2, 0) is 9.57 Å². The van der Waals surface area contributed by atoms with E-state index in [4.69, 9.17) is 25.3 Å². The maximum atomic E-state index is 12.7. The van der Waals surface area contributed by atoms with Crippen molar-refractivity contribution in [3.8, 4) is 23.3 Å². The molecular weight excluding hydrogens is 418 g/mol. The second-order valence-electron chi connectivity index (χ2n) is 7.95. The minimum absolute atomic E-state index is 0.0913. The average Bonchev–Trinajstić information content (AvgIpc) is 3.20. The normalized spacial score (nSPS) is 18.2. The van der Waals surface area contributed by atoms with E-state index in [0.717, 1.165) is 0 Å². The number of rotatable bonds is 8. The molecule has 1 fully saturated rings. The summed E-state index contributed by atoms with van der Waals surface area (Å²) in [6, 6.07) is 8.64. The minimum atomic E-state index is -1.16. The lowest BCUT2D eigenvalue weighted by Gasteiger charge is -2.19. The number of benzene rings is 1. The predicted octanol–water partition coefficient (Wildman–Crippen LogP) is 0.558. The van der Waals surface area contributed by atoms with Gasteiger partial charge in [0.05, 0.1) is 36.6 Å². The van der Waals surface area contributed by atoms with Crippen LogP contribution in [-0.4, -0.2) is 63.7 Å². The quantitative estimate of drug-likeness (QED) is 0.422. The molecule has 0 aliphatic carbocycles. The number of amides is 1. The lowest BCUT2D eigenvalue weighted by atomic mass is 10.1. The summed E-state index contributed by atoms with van der Waals surface area (Å²) >= 11 is 0. The zero-order valence-electron chi connectivity index (χ0n) is 17.7. The maximum absolute atomic E-state index is 12.7. The molecule has 32 heavy (non-hydrogen) atoms. The molecule has 1 saturated heterocycles. The average molecular weight is 443 g/mol. The molecule has 170 valence electrons. The monoisotopic (exact) mass is 443 g/mol. The first-order chi connectivity index (χ1) is 15.2. The molecule has 11 heteroatoms. The summed E-state index contributed by atoms with van der Waals surface area (Å²) < 4.78 is 11.3. The summed E-state index contributed by atoms with van der Waals surface area (Å²) in [6.07, 6.45) is -0.447. The molecule has 0 bridgehead atoms. The number of carbonyl (C=O) groups is 1. The second kappa shape index (κ2) is 9.88. The summed E-state index contributed by atoms with van der Waals surface area (Å²) in [5.74, 6) is -0.835. The number of carbonyl (C=O) groups excluding carboxylic acids is 1. The molecule has 1 aliphatic rings. The standard InChI is InChI=1S/C21H25N5O6/c1-21(2,29)11-31-26-19(28)16-17(23)24-18(13-5-3-4-12(6-13)8-22)25-20(16)32-15-7-14(9-27)30-10-15/h3-6,14-15,27,29H,7,9-11H2,1-2H3,(H,26,28)(H2,23,24,25)/t14-,15-/m1/s1. The van der Waals surface area contributed by atoms with Crippen molar-refractivity contribution in [3.05, 3.63) is 35.4 Å². The van der Waals surface area contributed by atoms with Gasteiger partial charge in [-0.25, -0.2) is 10.5 Å². The summed E-state index contributed by atoms with van der Waals surface area (Å²) in [6.45, 7) is 2.92. The third-order valence-electron chi connectivity index (χ3n) is 4.50. The Balaban J connectivity index is 1.93. The van der Waals surface area contributed by atoms with Gasteiger partial charge in [0.2, 0.25) is 5.88 Å². The summed E-state index contributed by atoms with van der Waals surface area (Å²) in [5.41, 5.74) is 7.90. The van der Waals surface area contributed by atoms with Crippen molar-refractivity contribution < 1.29 is 29.3 Å². The van der Waals surface area contributed by atoms with E-state index in [-0.39, 0.29) is 49.0 Å². The highest BCUT2D eigenvalue weighted by atomic mass is 16.7. The zero-order valence-corrected chi connectivity index (χ0v) is 17.7. The van der Waals surface area contributed by atoms with Crippen molar-refractivity contribution in [2.24, 2.45) is 0 Å². The minimum Gasteiger partial charge on any atom is -0.471 e. The van der Waals surface area contributed by atoms with E-state index < -0.39 is 17.6 Å². The number of hydrogen-bond donors (Lipinski definition) is 4. The topological polar surface area (TPSA) is 173 Å². The van der Waals surface area contributed by atoms with Crippen molar-refractivity contribution >= 4 is 11.7 Å². The first-order valence-corrected chi connectivity index (χ1v) is 9.92. The Morgan fingerprint density at radius 2 is 2.22 bits per heavy atom. The number of nitrogens with one attached hydrogen (secondary N) is 1. The first kappa shape index (κ1) is 23.4. The van der Waals surface area contributed by atoms with Crippen molar-refractivity contribution in [1.82, 2.24) is 15.4 Å². The highest BCUT2D eigenvalue weighted by Gasteiger charge is 2.30. The number of nitrogens with two attached hydrogens (primary N) is 1. The Hall–Kier alpha value is -3.30. The van der Waals surface area contributed by atoms with Gasteiger partial charge in [-0.05, 0) is 26.0 Å². The van der Waals surface area contributed by atoms with Gasteiger partial charge in [-0.15, -0.1) is 0 Å². The van der Waals surface area contributed by atoms with Crippen molar-refractivity contribution in [1.29, 1.82) is 5.26 Å². The number of hydrogen-bond acceptors (Lipinski definition) is 10. The number of hydroxylamine groups is 1. The summed E-state index contributed by atoms with van der Waals surface area (Å²) in [7, 11) is 0. The molecule has 2 atom stereocenters. The number of aliphatic hydroxyl groups is 2. The van der Waals surface area contributed by atoms with Crippen LogP contribution in [0.5, 0.6) is 5.88 Å². The molecule has 0 unspecified atom stereocenters. The van der Waals surface area contributed by atoms with Crippen LogP contribution >= 0.6 is 0 Å². The van der Waals surface area contributed by atoms with Crippen LogP contribution in [0.3, 0.4) is 0 Å². The van der Waals surface area contributed by atoms with Gasteiger partial charge in [-0.2, -0.15) is 10.2 Å². The van der Waals surface area contributed by atoms with Crippen LogP contribution in [0.4, 0.5) is 5.82 Å². The van der Waals surface area contributed by atoms with Gasteiger partial charge in [0, 0.05) is 12.0 Å². The predicted molar refractivity (Wildman–Crippen MR) is 112 cm³/mol. The number of ether oxygens (including phenoxy) is 2. The number of nitrogen functional groups attached to an aromatic ring is 1. The van der Waals surface area contributed by atoms with Crippen molar-refractivity contribution in [2.45, 2.75) is 38.1 Å². The number of nitrogens with zero attached hydrogens (tertiary/aromatic N) is 3. The third-order valence-corrected chi connectivity index (χ3v) is 4.50. The molecule has 3 rings (SSSR count). The molecule has 1 aromatic carbocycles. The molecule has 0 saturated carbocycles. The van der Waals surface area contributed by atoms with Gasteiger partial charge >= 0.3 is 0 Å². The zero-order chi connectivity index (χ0) is 23.3. The molecule has 0 radical (unpaired) electrons.